The number of allylic oxidation sites excluding steroid dienone is 2. The molecule has 0 rings (SSSR count). The summed E-state index contributed by atoms with van der Waals surface area (Å²) in [5.41, 5.74) is 1.91. The van der Waals surface area contributed by atoms with Crippen molar-refractivity contribution in [3.05, 3.63) is 11.6 Å². The van der Waals surface area contributed by atoms with Crippen molar-refractivity contribution >= 4 is 0 Å². The van der Waals surface area contributed by atoms with E-state index in [0.717, 1.165) is 0 Å². The van der Waals surface area contributed by atoms with E-state index in [-0.39, 0.29) is 0 Å². The summed E-state index contributed by atoms with van der Waals surface area (Å²) >= 11 is 0. The van der Waals surface area contributed by atoms with Crippen LogP contribution in [0.2, 0.25) is 0 Å². The fourth-order valence-electron chi connectivity index (χ4n) is 0.837. The third kappa shape index (κ3) is 3.94. The van der Waals surface area contributed by atoms with Crippen molar-refractivity contribution in [2.75, 3.05) is 0 Å². The van der Waals surface area contributed by atoms with Crippen LogP contribution >= 0.6 is 0 Å². The Morgan fingerprint density at radius 3 is 1.75 bits per heavy atom. The molecule has 0 saturated carbocycles. The first-order valence-corrected chi connectivity index (χ1v) is 4.93. The first-order valence-electron chi connectivity index (χ1n) is 4.93. The van der Waals surface area contributed by atoms with Crippen LogP contribution in [-0.4, -0.2) is 0 Å². The minimum atomic E-state index is 0.399. The van der Waals surface area contributed by atoms with Crippen LogP contribution in [0.4, 0.5) is 0 Å². The van der Waals surface area contributed by atoms with E-state index in [0.29, 0.717) is 17.3 Å². The molecule has 0 aliphatic rings. The van der Waals surface area contributed by atoms with E-state index in [9.17, 15) is 0 Å². The molecule has 0 heterocycles. The van der Waals surface area contributed by atoms with Gasteiger partial charge in [0, 0.05) is 0 Å². The number of hydrogen-bond donors (Lipinski definition) is 0. The first kappa shape index (κ1) is 11.7. The molecule has 0 aromatic heterocycles. The van der Waals surface area contributed by atoms with E-state index in [4.69, 9.17) is 0 Å². The molecule has 0 aliphatic heterocycles. The Morgan fingerprint density at radius 2 is 1.50 bits per heavy atom. The van der Waals surface area contributed by atoms with Crippen LogP contribution in [0.1, 0.15) is 48.5 Å². The summed E-state index contributed by atoms with van der Waals surface area (Å²) in [7, 11) is 0. The highest BCUT2D eigenvalue weighted by Gasteiger charge is 2.17. The maximum atomic E-state index is 2.41. The van der Waals surface area contributed by atoms with Crippen molar-refractivity contribution in [3.63, 3.8) is 0 Å². The molecule has 0 heteroatoms. The molecule has 0 fully saturated rings. The van der Waals surface area contributed by atoms with Crippen LogP contribution in [0, 0.1) is 17.3 Å². The Balaban J connectivity index is 4.34. The second-order valence-corrected chi connectivity index (χ2v) is 5.22. The second kappa shape index (κ2) is 4.11. The van der Waals surface area contributed by atoms with Gasteiger partial charge >= 0.3 is 0 Å². The molecule has 0 nitrogen and oxygen atoms in total. The predicted octanol–water partition coefficient (Wildman–Crippen LogP) is 4.27. The van der Waals surface area contributed by atoms with E-state index in [2.05, 4.69) is 54.5 Å². The molecule has 1 unspecified atom stereocenters. The summed E-state index contributed by atoms with van der Waals surface area (Å²) < 4.78 is 0. The smallest absolute Gasteiger partial charge is 0.0211 e. The Labute approximate surface area is 78.1 Å². The molecule has 0 aromatic rings. The summed E-state index contributed by atoms with van der Waals surface area (Å²) in [5.74, 6) is 1.36. The highest BCUT2D eigenvalue weighted by atomic mass is 14.2. The van der Waals surface area contributed by atoms with Gasteiger partial charge in [0.1, 0.15) is 0 Å². The second-order valence-electron chi connectivity index (χ2n) is 5.22. The van der Waals surface area contributed by atoms with E-state index in [1.54, 1.807) is 0 Å². The van der Waals surface area contributed by atoms with Gasteiger partial charge in [0.15, 0.2) is 0 Å². The summed E-state index contributed by atoms with van der Waals surface area (Å²) in [6, 6.07) is 0. The van der Waals surface area contributed by atoms with Crippen molar-refractivity contribution in [3.8, 4) is 0 Å². The van der Waals surface area contributed by atoms with Gasteiger partial charge in [0.05, 0.1) is 0 Å². The quantitative estimate of drug-likeness (QED) is 0.540. The van der Waals surface area contributed by atoms with Crippen LogP contribution in [-0.2, 0) is 0 Å². The molecule has 0 aromatic carbocycles. The minimum Gasteiger partial charge on any atom is -0.0820 e. The van der Waals surface area contributed by atoms with E-state index < -0.39 is 0 Å². The highest BCUT2D eigenvalue weighted by Crippen LogP contribution is 2.28. The Kier molecular flexibility index (Phi) is 4.02. The van der Waals surface area contributed by atoms with Gasteiger partial charge in [0.2, 0.25) is 0 Å². The van der Waals surface area contributed by atoms with Gasteiger partial charge in [-0.25, -0.2) is 0 Å². The zero-order chi connectivity index (χ0) is 9.94. The largest absolute Gasteiger partial charge is 0.0820 e. The van der Waals surface area contributed by atoms with Gasteiger partial charge in [-0.05, 0) is 24.2 Å². The van der Waals surface area contributed by atoms with Gasteiger partial charge < -0.3 is 0 Å². The Hall–Kier alpha value is -0.260. The normalized spacial score (nSPS) is 16.8. The van der Waals surface area contributed by atoms with Crippen molar-refractivity contribution in [1.82, 2.24) is 0 Å². The van der Waals surface area contributed by atoms with Gasteiger partial charge in [-0.3, -0.25) is 0 Å². The average Bonchev–Trinajstić information content (AvgIpc) is 1.85. The number of rotatable bonds is 2. The summed E-state index contributed by atoms with van der Waals surface area (Å²) in [5, 5.41) is 0. The molecule has 0 bridgehead atoms. The van der Waals surface area contributed by atoms with E-state index in [1.807, 2.05) is 0 Å². The average molecular weight is 168 g/mol. The topological polar surface area (TPSA) is 0 Å². The summed E-state index contributed by atoms with van der Waals surface area (Å²) in [6.45, 7) is 15.9. The van der Waals surface area contributed by atoms with Crippen molar-refractivity contribution < 1.29 is 0 Å². The fourth-order valence-corrected chi connectivity index (χ4v) is 0.837. The van der Waals surface area contributed by atoms with E-state index >= 15 is 0 Å². The highest BCUT2D eigenvalue weighted by molar-refractivity contribution is 5.04. The molecular formula is C12H24. The molecule has 1 atom stereocenters. The SMILES string of the molecule is CC(=CC(C)C(C)(C)C)C(C)C. The maximum Gasteiger partial charge on any atom is -0.0211 e. The van der Waals surface area contributed by atoms with Crippen LogP contribution in [0.15, 0.2) is 11.6 Å². The van der Waals surface area contributed by atoms with Crippen LogP contribution in [0.5, 0.6) is 0 Å². The lowest BCUT2D eigenvalue weighted by atomic mass is 9.80. The van der Waals surface area contributed by atoms with Gasteiger partial charge in [-0.15, -0.1) is 0 Å². The van der Waals surface area contributed by atoms with Gasteiger partial charge in [-0.2, -0.15) is 0 Å². The first-order chi connectivity index (χ1) is 5.25. The molecule has 0 radical (unpaired) electrons. The summed E-state index contributed by atoms with van der Waals surface area (Å²) in [6.07, 6.45) is 2.41. The van der Waals surface area contributed by atoms with Crippen LogP contribution in [0.3, 0.4) is 0 Å². The van der Waals surface area contributed by atoms with Crippen molar-refractivity contribution in [1.29, 1.82) is 0 Å². The van der Waals surface area contributed by atoms with Crippen LogP contribution in [0.25, 0.3) is 0 Å². The lowest BCUT2D eigenvalue weighted by molar-refractivity contribution is 0.312. The molecule has 0 amide bonds. The van der Waals surface area contributed by atoms with Gasteiger partial charge in [-0.1, -0.05) is 53.2 Å². The molecular weight excluding hydrogens is 144 g/mol. The molecule has 0 spiro atoms. The van der Waals surface area contributed by atoms with Crippen molar-refractivity contribution in [2.24, 2.45) is 17.3 Å². The lowest BCUT2D eigenvalue weighted by Crippen LogP contribution is -2.15. The van der Waals surface area contributed by atoms with Crippen LogP contribution < -0.4 is 0 Å². The molecule has 0 saturated heterocycles. The van der Waals surface area contributed by atoms with Crippen molar-refractivity contribution in [2.45, 2.75) is 48.5 Å². The Morgan fingerprint density at radius 1 is 1.08 bits per heavy atom. The molecule has 72 valence electrons. The van der Waals surface area contributed by atoms with Gasteiger partial charge in [0.25, 0.3) is 0 Å². The van der Waals surface area contributed by atoms with E-state index in [1.165, 1.54) is 5.57 Å². The Bertz CT molecular complexity index is 155. The predicted molar refractivity (Wildman–Crippen MR) is 57.2 cm³/mol. The third-order valence-electron chi connectivity index (χ3n) is 2.79. The lowest BCUT2D eigenvalue weighted by Gasteiger charge is -2.25. The fraction of sp³-hybridized carbons (Fsp3) is 0.833. The molecule has 12 heavy (non-hydrogen) atoms. The standard InChI is InChI=1S/C12H24/c1-9(2)10(3)8-11(4)12(5,6)7/h8-9,11H,1-7H3. The maximum absolute atomic E-state index is 2.41. The molecule has 0 aliphatic carbocycles. The monoisotopic (exact) mass is 168 g/mol. The zero-order valence-corrected chi connectivity index (χ0v) is 9.73. The molecule has 0 N–H and O–H groups in total. The zero-order valence-electron chi connectivity index (χ0n) is 9.73. The number of hydrogen-bond acceptors (Lipinski definition) is 0. The summed E-state index contributed by atoms with van der Waals surface area (Å²) in [4.78, 5) is 0. The third-order valence-corrected chi connectivity index (χ3v) is 2.79. The minimum absolute atomic E-state index is 0.399.